The third-order valence-electron chi connectivity index (χ3n) is 11.1. The van der Waals surface area contributed by atoms with Gasteiger partial charge in [-0.2, -0.15) is 0 Å². The van der Waals surface area contributed by atoms with Crippen molar-refractivity contribution in [2.75, 3.05) is 4.90 Å². The summed E-state index contributed by atoms with van der Waals surface area (Å²) in [7, 11) is 0. The Morgan fingerprint density at radius 1 is 0.345 bits per heavy atom. The van der Waals surface area contributed by atoms with E-state index >= 15 is 0 Å². The van der Waals surface area contributed by atoms with Crippen LogP contribution < -0.4 is 4.90 Å². The van der Waals surface area contributed by atoms with Crippen LogP contribution in [-0.2, 0) is 0 Å². The third kappa shape index (κ3) is 5.62. The Bertz CT molecular complexity index is 3040. The van der Waals surface area contributed by atoms with E-state index in [2.05, 4.69) is 216 Å². The molecule has 0 unspecified atom stereocenters. The second-order valence-electron chi connectivity index (χ2n) is 14.6. The van der Waals surface area contributed by atoms with Crippen molar-refractivity contribution in [3.63, 3.8) is 0 Å². The highest BCUT2D eigenvalue weighted by molar-refractivity contribution is 6.15. The lowest BCUT2D eigenvalue weighted by Gasteiger charge is -2.28. The average Bonchev–Trinajstić information content (AvgIpc) is 3.59. The zero-order chi connectivity index (χ0) is 38.4. The minimum atomic E-state index is 0.677. The number of rotatable bonds is 6. The molecule has 11 rings (SSSR count). The van der Waals surface area contributed by atoms with Gasteiger partial charge in [0.05, 0.1) is 34.0 Å². The maximum atomic E-state index is 5.20. The molecule has 8 aromatic carbocycles. The molecule has 58 heavy (non-hydrogen) atoms. The highest BCUT2D eigenvalue weighted by Crippen LogP contribution is 2.55. The SMILES string of the molecule is c1ccc(-c2cc(-c3ccccc3)nc(-c3cccc(N4c5ccccc5-c5c(n(-c6ccccc6)c6c(-c7ccccc7)cccc56)-c5ccccc54)c3)n2)cc1. The quantitative estimate of drug-likeness (QED) is 0.170. The minimum absolute atomic E-state index is 0.677. The molecule has 4 nitrogen and oxygen atoms in total. The molecule has 4 heteroatoms. The van der Waals surface area contributed by atoms with Crippen molar-refractivity contribution in [3.05, 3.63) is 218 Å². The first kappa shape index (κ1) is 33.5. The van der Waals surface area contributed by atoms with Crippen LogP contribution in [-0.4, -0.2) is 14.5 Å². The molecule has 0 atom stereocenters. The van der Waals surface area contributed by atoms with Crippen LogP contribution in [0.5, 0.6) is 0 Å². The molecule has 0 saturated carbocycles. The van der Waals surface area contributed by atoms with E-state index in [-0.39, 0.29) is 0 Å². The van der Waals surface area contributed by atoms with Crippen molar-refractivity contribution < 1.29 is 0 Å². The molecule has 1 aliphatic heterocycles. The van der Waals surface area contributed by atoms with Gasteiger partial charge in [0.2, 0.25) is 0 Å². The zero-order valence-electron chi connectivity index (χ0n) is 31.6. The van der Waals surface area contributed by atoms with Crippen LogP contribution in [0.4, 0.5) is 17.1 Å². The van der Waals surface area contributed by atoms with E-state index in [1.165, 1.54) is 27.6 Å². The smallest absolute Gasteiger partial charge is 0.160 e. The molecule has 272 valence electrons. The van der Waals surface area contributed by atoms with Gasteiger partial charge in [0, 0.05) is 55.7 Å². The van der Waals surface area contributed by atoms with E-state index in [9.17, 15) is 0 Å². The lowest BCUT2D eigenvalue weighted by molar-refractivity contribution is 1.13. The largest absolute Gasteiger partial charge is 0.309 e. The normalized spacial score (nSPS) is 11.8. The van der Waals surface area contributed by atoms with Crippen LogP contribution in [0.3, 0.4) is 0 Å². The first-order chi connectivity index (χ1) is 28.8. The van der Waals surface area contributed by atoms with Gasteiger partial charge in [-0.3, -0.25) is 0 Å². The van der Waals surface area contributed by atoms with Crippen LogP contribution in [0.1, 0.15) is 0 Å². The molecule has 0 amide bonds. The molecule has 0 saturated heterocycles. The Morgan fingerprint density at radius 2 is 0.828 bits per heavy atom. The topological polar surface area (TPSA) is 34.0 Å². The summed E-state index contributed by atoms with van der Waals surface area (Å²) in [6.45, 7) is 0. The summed E-state index contributed by atoms with van der Waals surface area (Å²) in [4.78, 5) is 12.8. The maximum Gasteiger partial charge on any atom is 0.160 e. The molecule has 0 N–H and O–H groups in total. The number of aromatic nitrogens is 3. The number of benzene rings is 8. The van der Waals surface area contributed by atoms with Crippen molar-refractivity contribution in [2.45, 2.75) is 0 Å². The standard InChI is InChI=1S/C54H36N4/c1-5-19-37(20-6-1)43-31-18-32-46-51-44-29-13-15-33-49(44)57(50-34-16-14-30-45(50)53(51)58(52(43)46)41-26-11-4-12-27-41)42-28-17-25-40(35-42)54-55-47(38-21-7-2-8-22-38)36-48(56-54)39-23-9-3-10-24-39/h1-36H. The molecule has 0 fully saturated rings. The van der Waals surface area contributed by atoms with Gasteiger partial charge in [-0.05, 0) is 48.0 Å². The summed E-state index contributed by atoms with van der Waals surface area (Å²) in [5, 5.41) is 1.21. The minimum Gasteiger partial charge on any atom is -0.309 e. The van der Waals surface area contributed by atoms with Crippen molar-refractivity contribution in [1.29, 1.82) is 0 Å². The molecular formula is C54H36N4. The van der Waals surface area contributed by atoms with E-state index in [4.69, 9.17) is 9.97 Å². The number of nitrogens with zero attached hydrogens (tertiary/aromatic N) is 4. The van der Waals surface area contributed by atoms with Gasteiger partial charge in [0.25, 0.3) is 0 Å². The predicted molar refractivity (Wildman–Crippen MR) is 240 cm³/mol. The molecule has 0 aliphatic carbocycles. The van der Waals surface area contributed by atoms with Crippen molar-refractivity contribution in [3.8, 4) is 73.1 Å². The van der Waals surface area contributed by atoms with Crippen molar-refractivity contribution in [2.24, 2.45) is 0 Å². The third-order valence-corrected chi connectivity index (χ3v) is 11.1. The highest BCUT2D eigenvalue weighted by Gasteiger charge is 2.32. The van der Waals surface area contributed by atoms with Gasteiger partial charge in [-0.1, -0.05) is 176 Å². The molecule has 2 aromatic heterocycles. The zero-order valence-corrected chi connectivity index (χ0v) is 31.6. The fourth-order valence-electron chi connectivity index (χ4n) is 8.58. The molecule has 3 heterocycles. The number of hydrogen-bond donors (Lipinski definition) is 0. The van der Waals surface area contributed by atoms with E-state index in [1.54, 1.807) is 0 Å². The van der Waals surface area contributed by atoms with Crippen molar-refractivity contribution >= 4 is 28.0 Å². The van der Waals surface area contributed by atoms with Crippen LogP contribution in [0.15, 0.2) is 218 Å². The Kier molecular flexibility index (Phi) is 8.11. The monoisotopic (exact) mass is 740 g/mol. The van der Waals surface area contributed by atoms with E-state index in [0.29, 0.717) is 5.82 Å². The Hall–Kier alpha value is -7.82. The number of fused-ring (bicyclic) bond motifs is 7. The summed E-state index contributed by atoms with van der Waals surface area (Å²) < 4.78 is 2.48. The maximum absolute atomic E-state index is 5.20. The number of anilines is 3. The average molecular weight is 741 g/mol. The Morgan fingerprint density at radius 3 is 1.48 bits per heavy atom. The van der Waals surface area contributed by atoms with Gasteiger partial charge in [-0.15, -0.1) is 0 Å². The van der Waals surface area contributed by atoms with Gasteiger partial charge in [0.15, 0.2) is 5.82 Å². The fraction of sp³-hybridized carbons (Fsp3) is 0. The molecule has 0 radical (unpaired) electrons. The number of para-hydroxylation sites is 4. The van der Waals surface area contributed by atoms with Crippen molar-refractivity contribution in [1.82, 2.24) is 14.5 Å². The summed E-state index contributed by atoms with van der Waals surface area (Å²) >= 11 is 0. The summed E-state index contributed by atoms with van der Waals surface area (Å²) in [6, 6.07) is 77.4. The second-order valence-corrected chi connectivity index (χ2v) is 14.6. The molecule has 1 aliphatic rings. The Labute approximate surface area is 337 Å². The van der Waals surface area contributed by atoms with E-state index in [0.717, 1.165) is 67.6 Å². The molecular weight excluding hydrogens is 705 g/mol. The first-order valence-corrected chi connectivity index (χ1v) is 19.7. The van der Waals surface area contributed by atoms with Crippen LogP contribution in [0.25, 0.3) is 84.0 Å². The summed E-state index contributed by atoms with van der Waals surface area (Å²) in [5.74, 6) is 0.677. The van der Waals surface area contributed by atoms with Gasteiger partial charge >= 0.3 is 0 Å². The van der Waals surface area contributed by atoms with Gasteiger partial charge in [-0.25, -0.2) is 9.97 Å². The van der Waals surface area contributed by atoms with Gasteiger partial charge < -0.3 is 9.47 Å². The molecule has 0 spiro atoms. The Balaban J connectivity index is 1.16. The van der Waals surface area contributed by atoms with E-state index < -0.39 is 0 Å². The number of hydrogen-bond acceptors (Lipinski definition) is 3. The predicted octanol–water partition coefficient (Wildman–Crippen LogP) is 14.2. The molecule has 0 bridgehead atoms. The lowest BCUT2D eigenvalue weighted by atomic mass is 9.96. The second kappa shape index (κ2) is 14.0. The van der Waals surface area contributed by atoms with Crippen LogP contribution >= 0.6 is 0 Å². The summed E-state index contributed by atoms with van der Waals surface area (Å²) in [6.07, 6.45) is 0. The highest BCUT2D eigenvalue weighted by atomic mass is 15.2. The van der Waals surface area contributed by atoms with Crippen LogP contribution in [0.2, 0.25) is 0 Å². The van der Waals surface area contributed by atoms with E-state index in [1.807, 2.05) is 12.1 Å². The van der Waals surface area contributed by atoms with Crippen LogP contribution in [0, 0.1) is 0 Å². The van der Waals surface area contributed by atoms with Gasteiger partial charge in [0.1, 0.15) is 0 Å². The fourth-order valence-corrected chi connectivity index (χ4v) is 8.58. The molecule has 10 aromatic rings. The first-order valence-electron chi connectivity index (χ1n) is 19.7. The summed E-state index contributed by atoms with van der Waals surface area (Å²) in [5.41, 5.74) is 17.4. The lowest BCUT2D eigenvalue weighted by Crippen LogP contribution is -2.11.